The average molecular weight is 248 g/mol. The van der Waals surface area contributed by atoms with Crippen molar-refractivity contribution in [2.75, 3.05) is 0 Å². The number of carbonyl (C=O) groups is 1. The van der Waals surface area contributed by atoms with Crippen LogP contribution in [-0.2, 0) is 0 Å². The summed E-state index contributed by atoms with van der Waals surface area (Å²) < 4.78 is 26.0. The second-order valence-corrected chi connectivity index (χ2v) is 6.01. The van der Waals surface area contributed by atoms with E-state index in [9.17, 15) is 13.6 Å². The van der Waals surface area contributed by atoms with Gasteiger partial charge in [0.2, 0.25) is 0 Å². The highest BCUT2D eigenvalue weighted by Gasteiger charge is 2.67. The number of Topliss-reactive ketones (excluding diaryl/α,β-unsaturated/α-hetero) is 1. The lowest BCUT2D eigenvalue weighted by atomic mass is 9.96. The normalized spacial score (nSPS) is 39.8. The van der Waals surface area contributed by atoms with Crippen molar-refractivity contribution in [1.29, 1.82) is 0 Å². The molecule has 4 rings (SSSR count). The minimum atomic E-state index is -0.922. The SMILES string of the molecule is O=C(c1ccc(F)c(F)c1)C1C2C3CCC(C3)C12. The van der Waals surface area contributed by atoms with Crippen molar-refractivity contribution in [3.05, 3.63) is 35.4 Å². The van der Waals surface area contributed by atoms with Gasteiger partial charge < -0.3 is 0 Å². The van der Waals surface area contributed by atoms with Gasteiger partial charge in [-0.05, 0) is 61.1 Å². The molecule has 0 heterocycles. The van der Waals surface area contributed by atoms with E-state index in [1.165, 1.54) is 25.3 Å². The highest BCUT2D eigenvalue weighted by Crippen LogP contribution is 2.69. The molecule has 3 aliphatic carbocycles. The first-order valence-corrected chi connectivity index (χ1v) is 6.66. The summed E-state index contributed by atoms with van der Waals surface area (Å²) in [6.07, 6.45) is 3.80. The van der Waals surface area contributed by atoms with Crippen molar-refractivity contribution in [1.82, 2.24) is 0 Å². The molecule has 0 spiro atoms. The van der Waals surface area contributed by atoms with Gasteiger partial charge >= 0.3 is 0 Å². The molecular formula is C15H14F2O. The third-order valence-corrected chi connectivity index (χ3v) is 5.24. The van der Waals surface area contributed by atoms with Gasteiger partial charge in [-0.3, -0.25) is 4.79 Å². The molecule has 1 aromatic carbocycles. The molecule has 0 amide bonds. The van der Waals surface area contributed by atoms with Crippen LogP contribution in [0.4, 0.5) is 8.78 Å². The van der Waals surface area contributed by atoms with Gasteiger partial charge in [0.05, 0.1) is 0 Å². The third-order valence-electron chi connectivity index (χ3n) is 5.24. The Bertz CT molecular complexity index is 523. The minimum absolute atomic E-state index is 0.0282. The Morgan fingerprint density at radius 1 is 1.06 bits per heavy atom. The Balaban J connectivity index is 1.60. The lowest BCUT2D eigenvalue weighted by Gasteiger charge is -2.08. The largest absolute Gasteiger partial charge is 0.294 e. The fourth-order valence-corrected chi connectivity index (χ4v) is 4.52. The van der Waals surface area contributed by atoms with E-state index in [0.29, 0.717) is 17.4 Å². The maximum atomic E-state index is 13.2. The molecule has 0 saturated heterocycles. The van der Waals surface area contributed by atoms with Crippen molar-refractivity contribution >= 4 is 5.78 Å². The minimum Gasteiger partial charge on any atom is -0.294 e. The predicted molar refractivity (Wildman–Crippen MR) is 62.0 cm³/mol. The molecule has 2 bridgehead atoms. The Morgan fingerprint density at radius 3 is 2.33 bits per heavy atom. The lowest BCUT2D eigenvalue weighted by molar-refractivity contribution is 0.0944. The lowest BCUT2D eigenvalue weighted by Crippen LogP contribution is -2.10. The second kappa shape index (κ2) is 3.40. The van der Waals surface area contributed by atoms with Crippen molar-refractivity contribution in [3.63, 3.8) is 0 Å². The summed E-state index contributed by atoms with van der Waals surface area (Å²) in [6, 6.07) is 3.51. The molecule has 4 atom stereocenters. The Hall–Kier alpha value is -1.25. The highest BCUT2D eigenvalue weighted by atomic mass is 19.2. The van der Waals surface area contributed by atoms with Crippen LogP contribution in [0.3, 0.4) is 0 Å². The summed E-state index contributed by atoms with van der Waals surface area (Å²) in [4.78, 5) is 12.3. The monoisotopic (exact) mass is 248 g/mol. The molecule has 3 saturated carbocycles. The zero-order valence-electron chi connectivity index (χ0n) is 9.90. The van der Waals surface area contributed by atoms with E-state index in [0.717, 1.165) is 24.0 Å². The molecule has 0 aliphatic heterocycles. The van der Waals surface area contributed by atoms with Gasteiger partial charge in [-0.25, -0.2) is 8.78 Å². The van der Waals surface area contributed by atoms with Crippen LogP contribution in [0.2, 0.25) is 0 Å². The van der Waals surface area contributed by atoms with Crippen LogP contribution < -0.4 is 0 Å². The van der Waals surface area contributed by atoms with E-state index in [4.69, 9.17) is 0 Å². The molecule has 4 unspecified atom stereocenters. The van der Waals surface area contributed by atoms with Crippen LogP contribution in [0.1, 0.15) is 29.6 Å². The average Bonchev–Trinajstić information content (AvgIpc) is 2.80. The number of rotatable bonds is 2. The summed E-state index contributed by atoms with van der Waals surface area (Å²) >= 11 is 0. The number of hydrogen-bond donors (Lipinski definition) is 0. The van der Waals surface area contributed by atoms with Crippen molar-refractivity contribution in [2.24, 2.45) is 29.6 Å². The van der Waals surface area contributed by atoms with Crippen LogP contribution in [0.15, 0.2) is 18.2 Å². The van der Waals surface area contributed by atoms with E-state index < -0.39 is 11.6 Å². The van der Waals surface area contributed by atoms with E-state index in [2.05, 4.69) is 0 Å². The predicted octanol–water partition coefficient (Wildman–Crippen LogP) is 3.44. The van der Waals surface area contributed by atoms with Crippen LogP contribution in [-0.4, -0.2) is 5.78 Å². The molecule has 0 aromatic heterocycles. The quantitative estimate of drug-likeness (QED) is 0.733. The zero-order chi connectivity index (χ0) is 12.4. The number of benzene rings is 1. The van der Waals surface area contributed by atoms with Crippen LogP contribution in [0.25, 0.3) is 0 Å². The molecule has 1 aromatic rings. The molecule has 1 nitrogen and oxygen atoms in total. The van der Waals surface area contributed by atoms with Gasteiger partial charge in [0.1, 0.15) is 0 Å². The summed E-state index contributed by atoms with van der Waals surface area (Å²) in [5, 5.41) is 0. The number of fused-ring (bicyclic) bond motifs is 5. The Morgan fingerprint density at radius 2 is 1.72 bits per heavy atom. The van der Waals surface area contributed by atoms with Gasteiger partial charge in [-0.1, -0.05) is 0 Å². The van der Waals surface area contributed by atoms with E-state index in [1.54, 1.807) is 0 Å². The van der Waals surface area contributed by atoms with Gasteiger partial charge in [0.25, 0.3) is 0 Å². The smallest absolute Gasteiger partial charge is 0.166 e. The number of halogens is 2. The standard InChI is InChI=1S/C15H14F2O/c16-10-4-3-9(6-11(10)17)15(18)14-12-7-1-2-8(5-7)13(12)14/h3-4,6-8,12-14H,1-2,5H2. The Kier molecular flexibility index (Phi) is 2.01. The summed E-state index contributed by atoms with van der Waals surface area (Å²) in [6.45, 7) is 0. The number of carbonyl (C=O) groups excluding carboxylic acids is 1. The first kappa shape index (κ1) is 10.7. The second-order valence-electron chi connectivity index (χ2n) is 6.01. The van der Waals surface area contributed by atoms with Crippen LogP contribution in [0.5, 0.6) is 0 Å². The molecular weight excluding hydrogens is 234 g/mol. The zero-order valence-corrected chi connectivity index (χ0v) is 9.90. The van der Waals surface area contributed by atoms with Crippen molar-refractivity contribution in [2.45, 2.75) is 19.3 Å². The first-order valence-electron chi connectivity index (χ1n) is 6.66. The number of hydrogen-bond acceptors (Lipinski definition) is 1. The van der Waals surface area contributed by atoms with Gasteiger partial charge in [-0.2, -0.15) is 0 Å². The van der Waals surface area contributed by atoms with Crippen molar-refractivity contribution in [3.8, 4) is 0 Å². The molecule has 0 radical (unpaired) electrons. The van der Waals surface area contributed by atoms with Gasteiger partial charge in [0.15, 0.2) is 17.4 Å². The maximum absolute atomic E-state index is 13.2. The maximum Gasteiger partial charge on any atom is 0.166 e. The summed E-state index contributed by atoms with van der Waals surface area (Å²) in [7, 11) is 0. The van der Waals surface area contributed by atoms with E-state index >= 15 is 0 Å². The molecule has 18 heavy (non-hydrogen) atoms. The van der Waals surface area contributed by atoms with Crippen molar-refractivity contribution < 1.29 is 13.6 Å². The molecule has 3 heteroatoms. The van der Waals surface area contributed by atoms with Crippen LogP contribution >= 0.6 is 0 Å². The van der Waals surface area contributed by atoms with E-state index in [1.807, 2.05) is 0 Å². The summed E-state index contributed by atoms with van der Waals surface area (Å²) in [5.74, 6) is 0.853. The van der Waals surface area contributed by atoms with Gasteiger partial charge in [0, 0.05) is 11.5 Å². The molecule has 94 valence electrons. The van der Waals surface area contributed by atoms with Gasteiger partial charge in [-0.15, -0.1) is 0 Å². The third kappa shape index (κ3) is 1.28. The summed E-state index contributed by atoms with van der Waals surface area (Å²) in [5.41, 5.74) is 0.340. The number of ketones is 1. The van der Waals surface area contributed by atoms with E-state index in [-0.39, 0.29) is 11.7 Å². The topological polar surface area (TPSA) is 17.1 Å². The Labute approximate surface area is 104 Å². The molecule has 3 fully saturated rings. The molecule has 3 aliphatic rings. The molecule has 0 N–H and O–H groups in total. The van der Waals surface area contributed by atoms with Crippen LogP contribution in [0, 0.1) is 41.2 Å². The fraction of sp³-hybridized carbons (Fsp3) is 0.533. The fourth-order valence-electron chi connectivity index (χ4n) is 4.52. The highest BCUT2D eigenvalue weighted by molar-refractivity contribution is 6.00. The first-order chi connectivity index (χ1) is 8.66.